The molecular weight excluding hydrogens is 182 g/mol. The molecule has 0 spiro atoms. The Labute approximate surface area is 82.6 Å². The van der Waals surface area contributed by atoms with Gasteiger partial charge in [0.05, 0.1) is 12.1 Å². The molecule has 78 valence electrons. The van der Waals surface area contributed by atoms with Crippen molar-refractivity contribution in [2.75, 3.05) is 0 Å². The van der Waals surface area contributed by atoms with Crippen LogP contribution in [-0.4, -0.2) is 21.4 Å². The van der Waals surface area contributed by atoms with Crippen LogP contribution in [0.5, 0.6) is 11.5 Å². The van der Waals surface area contributed by atoms with E-state index in [0.29, 0.717) is 12.0 Å². The summed E-state index contributed by atoms with van der Waals surface area (Å²) < 4.78 is 0. The van der Waals surface area contributed by atoms with Crippen molar-refractivity contribution in [2.24, 2.45) is 5.73 Å². The lowest BCUT2D eigenvalue weighted by Gasteiger charge is -2.17. The number of phenolic OH excluding ortho intramolecular Hbond substituents is 2. The number of benzene rings is 1. The molecule has 0 aliphatic carbocycles. The normalized spacial score (nSPS) is 15.1. The zero-order chi connectivity index (χ0) is 10.7. The van der Waals surface area contributed by atoms with Crippen molar-refractivity contribution < 1.29 is 15.3 Å². The lowest BCUT2D eigenvalue weighted by Crippen LogP contribution is -2.25. The summed E-state index contributed by atoms with van der Waals surface area (Å²) in [4.78, 5) is 0. The SMILES string of the molecule is CC[C@H](O)[C@H](N)c1cc(O)cc(O)c1. The highest BCUT2D eigenvalue weighted by molar-refractivity contribution is 5.38. The van der Waals surface area contributed by atoms with Crippen LogP contribution in [0.25, 0.3) is 0 Å². The molecular formula is C10H15NO3. The lowest BCUT2D eigenvalue weighted by atomic mass is 10.0. The molecule has 0 unspecified atom stereocenters. The van der Waals surface area contributed by atoms with E-state index in [4.69, 9.17) is 5.73 Å². The van der Waals surface area contributed by atoms with Gasteiger partial charge in [0.15, 0.2) is 0 Å². The monoisotopic (exact) mass is 197 g/mol. The zero-order valence-electron chi connectivity index (χ0n) is 8.01. The highest BCUT2D eigenvalue weighted by Gasteiger charge is 2.15. The molecule has 0 amide bonds. The fourth-order valence-corrected chi connectivity index (χ4v) is 1.29. The third-order valence-electron chi connectivity index (χ3n) is 2.14. The Kier molecular flexibility index (Phi) is 3.33. The molecule has 5 N–H and O–H groups in total. The molecule has 1 aromatic carbocycles. The number of hydrogen-bond donors (Lipinski definition) is 4. The number of hydrogen-bond acceptors (Lipinski definition) is 4. The maximum absolute atomic E-state index is 9.47. The summed E-state index contributed by atoms with van der Waals surface area (Å²) >= 11 is 0. The second kappa shape index (κ2) is 4.30. The van der Waals surface area contributed by atoms with E-state index in [2.05, 4.69) is 0 Å². The quantitative estimate of drug-likeness (QED) is 0.579. The molecule has 1 aromatic rings. The van der Waals surface area contributed by atoms with Crippen molar-refractivity contribution in [3.05, 3.63) is 23.8 Å². The predicted octanol–water partition coefficient (Wildman–Crippen LogP) is 0.868. The van der Waals surface area contributed by atoms with Crippen LogP contribution in [0.2, 0.25) is 0 Å². The molecule has 0 aliphatic rings. The molecule has 0 aliphatic heterocycles. The molecule has 0 saturated heterocycles. The summed E-state index contributed by atoms with van der Waals surface area (Å²) in [5.41, 5.74) is 6.24. The molecule has 0 heterocycles. The summed E-state index contributed by atoms with van der Waals surface area (Å²) in [6, 6.07) is 3.50. The Balaban J connectivity index is 2.94. The average Bonchev–Trinajstić information content (AvgIpc) is 2.14. The number of aliphatic hydroxyl groups excluding tert-OH is 1. The fourth-order valence-electron chi connectivity index (χ4n) is 1.29. The molecule has 0 aromatic heterocycles. The van der Waals surface area contributed by atoms with E-state index >= 15 is 0 Å². The van der Waals surface area contributed by atoms with Crippen LogP contribution in [-0.2, 0) is 0 Å². The zero-order valence-corrected chi connectivity index (χ0v) is 8.01. The third-order valence-corrected chi connectivity index (χ3v) is 2.14. The molecule has 0 radical (unpaired) electrons. The highest BCUT2D eigenvalue weighted by Crippen LogP contribution is 2.25. The topological polar surface area (TPSA) is 86.7 Å². The van der Waals surface area contributed by atoms with Gasteiger partial charge in [-0.15, -0.1) is 0 Å². The minimum absolute atomic E-state index is 0.0567. The van der Waals surface area contributed by atoms with Gasteiger partial charge in [-0.3, -0.25) is 0 Å². The van der Waals surface area contributed by atoms with Crippen molar-refractivity contribution in [1.29, 1.82) is 0 Å². The van der Waals surface area contributed by atoms with Crippen molar-refractivity contribution >= 4 is 0 Å². The van der Waals surface area contributed by atoms with E-state index in [-0.39, 0.29) is 11.5 Å². The number of nitrogens with two attached hydrogens (primary N) is 1. The first-order valence-corrected chi connectivity index (χ1v) is 4.51. The Hall–Kier alpha value is -1.26. The van der Waals surface area contributed by atoms with Crippen LogP contribution in [0.15, 0.2) is 18.2 Å². The van der Waals surface area contributed by atoms with Gasteiger partial charge in [-0.2, -0.15) is 0 Å². The van der Waals surface area contributed by atoms with E-state index in [9.17, 15) is 15.3 Å². The van der Waals surface area contributed by atoms with Crippen LogP contribution in [0.4, 0.5) is 0 Å². The van der Waals surface area contributed by atoms with Gasteiger partial charge in [0.1, 0.15) is 11.5 Å². The van der Waals surface area contributed by atoms with Crippen LogP contribution in [0.3, 0.4) is 0 Å². The fraction of sp³-hybridized carbons (Fsp3) is 0.400. The first kappa shape index (κ1) is 10.8. The molecule has 2 atom stereocenters. The number of phenols is 2. The summed E-state index contributed by atoms with van der Waals surface area (Å²) in [5.74, 6) is -0.113. The van der Waals surface area contributed by atoms with Gasteiger partial charge >= 0.3 is 0 Å². The maximum atomic E-state index is 9.47. The molecule has 0 bridgehead atoms. The molecule has 14 heavy (non-hydrogen) atoms. The van der Waals surface area contributed by atoms with Gasteiger partial charge in [0.2, 0.25) is 0 Å². The van der Waals surface area contributed by atoms with Crippen molar-refractivity contribution in [3.8, 4) is 11.5 Å². The van der Waals surface area contributed by atoms with E-state index < -0.39 is 12.1 Å². The summed E-state index contributed by atoms with van der Waals surface area (Å²) in [5, 5.41) is 27.9. The minimum atomic E-state index is -0.670. The summed E-state index contributed by atoms with van der Waals surface area (Å²) in [7, 11) is 0. The summed E-state index contributed by atoms with van der Waals surface area (Å²) in [6.45, 7) is 1.81. The molecule has 4 nitrogen and oxygen atoms in total. The number of rotatable bonds is 3. The number of aromatic hydroxyl groups is 2. The Morgan fingerprint density at radius 3 is 2.14 bits per heavy atom. The maximum Gasteiger partial charge on any atom is 0.119 e. The van der Waals surface area contributed by atoms with Crippen LogP contribution in [0.1, 0.15) is 24.9 Å². The smallest absolute Gasteiger partial charge is 0.119 e. The number of aliphatic hydroxyl groups is 1. The van der Waals surface area contributed by atoms with Gasteiger partial charge in [-0.25, -0.2) is 0 Å². The second-order valence-corrected chi connectivity index (χ2v) is 3.28. The Bertz CT molecular complexity index is 294. The van der Waals surface area contributed by atoms with Gasteiger partial charge in [0.25, 0.3) is 0 Å². The van der Waals surface area contributed by atoms with Crippen molar-refractivity contribution in [3.63, 3.8) is 0 Å². The molecule has 0 saturated carbocycles. The molecule has 1 rings (SSSR count). The standard InChI is InChI=1S/C10H15NO3/c1-2-9(14)10(11)6-3-7(12)5-8(13)4-6/h3-5,9-10,12-14H,2,11H2,1H3/t9-,10+/m0/s1. The molecule has 4 heteroatoms. The predicted molar refractivity (Wildman–Crippen MR) is 53.0 cm³/mol. The lowest BCUT2D eigenvalue weighted by molar-refractivity contribution is 0.140. The van der Waals surface area contributed by atoms with Crippen LogP contribution < -0.4 is 5.73 Å². The first-order valence-electron chi connectivity index (χ1n) is 4.51. The van der Waals surface area contributed by atoms with Gasteiger partial charge < -0.3 is 21.1 Å². The van der Waals surface area contributed by atoms with Crippen molar-refractivity contribution in [2.45, 2.75) is 25.5 Å². The van der Waals surface area contributed by atoms with E-state index in [1.807, 2.05) is 6.92 Å². The van der Waals surface area contributed by atoms with E-state index in [1.54, 1.807) is 0 Å². The Morgan fingerprint density at radius 2 is 1.71 bits per heavy atom. The van der Waals surface area contributed by atoms with E-state index in [1.165, 1.54) is 18.2 Å². The minimum Gasteiger partial charge on any atom is -0.508 e. The largest absolute Gasteiger partial charge is 0.508 e. The second-order valence-electron chi connectivity index (χ2n) is 3.28. The van der Waals surface area contributed by atoms with Gasteiger partial charge in [0, 0.05) is 6.07 Å². The third kappa shape index (κ3) is 2.37. The summed E-state index contributed by atoms with van der Waals surface area (Å²) in [6.07, 6.45) is -0.145. The van der Waals surface area contributed by atoms with E-state index in [0.717, 1.165) is 0 Å². The van der Waals surface area contributed by atoms with Gasteiger partial charge in [-0.05, 0) is 24.1 Å². The van der Waals surface area contributed by atoms with Crippen molar-refractivity contribution in [1.82, 2.24) is 0 Å². The van der Waals surface area contributed by atoms with Gasteiger partial charge in [-0.1, -0.05) is 6.92 Å². The molecule has 0 fully saturated rings. The highest BCUT2D eigenvalue weighted by atomic mass is 16.3. The first-order chi connectivity index (χ1) is 6.54. The van der Waals surface area contributed by atoms with Crippen LogP contribution in [0, 0.1) is 0 Å². The Morgan fingerprint density at radius 1 is 1.21 bits per heavy atom. The average molecular weight is 197 g/mol. The van der Waals surface area contributed by atoms with Crippen LogP contribution >= 0.6 is 0 Å².